The lowest BCUT2D eigenvalue weighted by atomic mass is 10.1. The number of nitrogens with one attached hydrogen (secondary N) is 1. The smallest absolute Gasteiger partial charge is 0.397 e. The van der Waals surface area contributed by atoms with Crippen molar-refractivity contribution in [3.05, 3.63) is 23.8 Å². The number of carbonyl (C=O) groups excluding carboxylic acids is 1. The normalized spacial score (nSPS) is 11.2. The molecule has 3 N–H and O–H groups in total. The van der Waals surface area contributed by atoms with Crippen LogP contribution in [0.3, 0.4) is 0 Å². The van der Waals surface area contributed by atoms with E-state index < -0.39 is 17.6 Å². The maximum Gasteiger partial charge on any atom is 0.416 e. The van der Waals surface area contributed by atoms with Crippen molar-refractivity contribution in [2.45, 2.75) is 13.1 Å². The van der Waals surface area contributed by atoms with Gasteiger partial charge in [-0.05, 0) is 18.2 Å². The SMILES string of the molecule is CC(=O)Nc1cc(C(F)(F)F)ccc1N. The van der Waals surface area contributed by atoms with Crippen molar-refractivity contribution in [3.8, 4) is 0 Å². The highest BCUT2D eigenvalue weighted by Crippen LogP contribution is 2.32. The second-order valence-corrected chi connectivity index (χ2v) is 2.98. The Balaban J connectivity index is 3.11. The first kappa shape index (κ1) is 11.4. The number of benzene rings is 1. The fourth-order valence-electron chi connectivity index (χ4n) is 1.03. The fraction of sp³-hybridized carbons (Fsp3) is 0.222. The number of nitrogen functional groups attached to an aromatic ring is 1. The lowest BCUT2D eigenvalue weighted by Gasteiger charge is -2.11. The summed E-state index contributed by atoms with van der Waals surface area (Å²) in [6.45, 7) is 1.19. The van der Waals surface area contributed by atoms with Gasteiger partial charge in [0.1, 0.15) is 0 Å². The number of anilines is 2. The van der Waals surface area contributed by atoms with Gasteiger partial charge < -0.3 is 11.1 Å². The number of alkyl halides is 3. The second kappa shape index (κ2) is 3.80. The Bertz CT molecular complexity index is 387. The third kappa shape index (κ3) is 2.87. The molecule has 0 aliphatic heterocycles. The molecule has 0 bridgehead atoms. The van der Waals surface area contributed by atoms with Gasteiger partial charge in [0.15, 0.2) is 0 Å². The second-order valence-electron chi connectivity index (χ2n) is 2.98. The van der Waals surface area contributed by atoms with E-state index in [0.717, 1.165) is 18.2 Å². The molecule has 1 rings (SSSR count). The van der Waals surface area contributed by atoms with Crippen LogP contribution in [0, 0.1) is 0 Å². The molecule has 0 radical (unpaired) electrons. The van der Waals surface area contributed by atoms with E-state index in [9.17, 15) is 18.0 Å². The first-order valence-corrected chi connectivity index (χ1v) is 4.05. The highest BCUT2D eigenvalue weighted by Gasteiger charge is 2.30. The molecule has 0 saturated heterocycles. The zero-order valence-electron chi connectivity index (χ0n) is 7.85. The molecule has 0 fully saturated rings. The molecule has 0 heterocycles. The Hall–Kier alpha value is -1.72. The minimum Gasteiger partial charge on any atom is -0.397 e. The Morgan fingerprint density at radius 1 is 1.40 bits per heavy atom. The van der Waals surface area contributed by atoms with Crippen LogP contribution in [0.4, 0.5) is 24.5 Å². The van der Waals surface area contributed by atoms with Gasteiger partial charge in [0, 0.05) is 6.92 Å². The first-order valence-electron chi connectivity index (χ1n) is 4.05. The minimum atomic E-state index is -4.44. The van der Waals surface area contributed by atoms with E-state index in [1.54, 1.807) is 0 Å². The number of hydrogen-bond donors (Lipinski definition) is 2. The van der Waals surface area contributed by atoms with Gasteiger partial charge >= 0.3 is 6.18 Å². The lowest BCUT2D eigenvalue weighted by molar-refractivity contribution is -0.137. The number of nitrogens with two attached hydrogens (primary N) is 1. The van der Waals surface area contributed by atoms with Gasteiger partial charge in [0.05, 0.1) is 16.9 Å². The van der Waals surface area contributed by atoms with E-state index in [1.165, 1.54) is 6.92 Å². The van der Waals surface area contributed by atoms with Crippen LogP contribution in [-0.4, -0.2) is 5.91 Å². The molecule has 0 saturated carbocycles. The summed E-state index contributed by atoms with van der Waals surface area (Å²) in [5.74, 6) is -0.471. The molecular formula is C9H9F3N2O. The van der Waals surface area contributed by atoms with Crippen LogP contribution in [0.25, 0.3) is 0 Å². The van der Waals surface area contributed by atoms with Gasteiger partial charge in [0.25, 0.3) is 0 Å². The Morgan fingerprint density at radius 3 is 2.47 bits per heavy atom. The molecule has 0 unspecified atom stereocenters. The molecule has 3 nitrogen and oxygen atoms in total. The van der Waals surface area contributed by atoms with Crippen molar-refractivity contribution in [2.24, 2.45) is 0 Å². The molecule has 15 heavy (non-hydrogen) atoms. The van der Waals surface area contributed by atoms with Crippen LogP contribution >= 0.6 is 0 Å². The Morgan fingerprint density at radius 2 is 2.00 bits per heavy atom. The van der Waals surface area contributed by atoms with Crippen molar-refractivity contribution in [2.75, 3.05) is 11.1 Å². The maximum atomic E-state index is 12.3. The lowest BCUT2D eigenvalue weighted by Crippen LogP contribution is -2.11. The predicted molar refractivity (Wildman–Crippen MR) is 50.2 cm³/mol. The summed E-state index contributed by atoms with van der Waals surface area (Å²) >= 11 is 0. The zero-order chi connectivity index (χ0) is 11.6. The zero-order valence-corrected chi connectivity index (χ0v) is 7.85. The molecule has 0 aliphatic carbocycles. The Labute approximate surface area is 84.1 Å². The molecular weight excluding hydrogens is 209 g/mol. The summed E-state index contributed by atoms with van der Waals surface area (Å²) in [6, 6.07) is 2.77. The van der Waals surface area contributed by atoms with E-state index >= 15 is 0 Å². The predicted octanol–water partition coefficient (Wildman–Crippen LogP) is 2.25. The largest absolute Gasteiger partial charge is 0.416 e. The molecule has 6 heteroatoms. The number of hydrogen-bond acceptors (Lipinski definition) is 2. The van der Waals surface area contributed by atoms with Gasteiger partial charge in [0.2, 0.25) is 5.91 Å². The highest BCUT2D eigenvalue weighted by molar-refractivity contribution is 5.92. The summed E-state index contributed by atoms with van der Waals surface area (Å²) in [4.78, 5) is 10.7. The van der Waals surface area contributed by atoms with E-state index in [4.69, 9.17) is 5.73 Å². The summed E-state index contributed by atoms with van der Waals surface area (Å²) in [6.07, 6.45) is -4.44. The molecule has 0 spiro atoms. The molecule has 1 aromatic rings. The number of amides is 1. The average Bonchev–Trinajstić information content (AvgIpc) is 2.06. The van der Waals surface area contributed by atoms with Crippen LogP contribution in [0.15, 0.2) is 18.2 Å². The van der Waals surface area contributed by atoms with Gasteiger partial charge in [-0.2, -0.15) is 13.2 Å². The van der Waals surface area contributed by atoms with Crippen molar-refractivity contribution in [1.82, 2.24) is 0 Å². The average molecular weight is 218 g/mol. The van der Waals surface area contributed by atoms with E-state index in [1.807, 2.05) is 0 Å². The van der Waals surface area contributed by atoms with Gasteiger partial charge in [-0.25, -0.2) is 0 Å². The van der Waals surface area contributed by atoms with Crippen molar-refractivity contribution in [1.29, 1.82) is 0 Å². The number of rotatable bonds is 1. The molecule has 0 aliphatic rings. The molecule has 1 amide bonds. The summed E-state index contributed by atoms with van der Waals surface area (Å²) < 4.78 is 36.9. The van der Waals surface area contributed by atoms with Crippen LogP contribution in [0.5, 0.6) is 0 Å². The van der Waals surface area contributed by atoms with Crippen molar-refractivity contribution in [3.63, 3.8) is 0 Å². The monoisotopic (exact) mass is 218 g/mol. The quantitative estimate of drug-likeness (QED) is 0.710. The van der Waals surface area contributed by atoms with E-state index in [-0.39, 0.29) is 11.4 Å². The molecule has 0 atom stereocenters. The van der Waals surface area contributed by atoms with Crippen molar-refractivity contribution >= 4 is 17.3 Å². The van der Waals surface area contributed by atoms with Crippen LogP contribution in [-0.2, 0) is 11.0 Å². The van der Waals surface area contributed by atoms with Crippen LogP contribution in [0.1, 0.15) is 12.5 Å². The van der Waals surface area contributed by atoms with E-state index in [2.05, 4.69) is 5.32 Å². The van der Waals surface area contributed by atoms with Crippen LogP contribution in [0.2, 0.25) is 0 Å². The van der Waals surface area contributed by atoms with Gasteiger partial charge in [-0.15, -0.1) is 0 Å². The highest BCUT2D eigenvalue weighted by atomic mass is 19.4. The van der Waals surface area contributed by atoms with Crippen molar-refractivity contribution < 1.29 is 18.0 Å². The Kier molecular flexibility index (Phi) is 2.88. The van der Waals surface area contributed by atoms with Crippen LogP contribution < -0.4 is 11.1 Å². The minimum absolute atomic E-state index is 0.0303. The first-order chi connectivity index (χ1) is 6.80. The number of carbonyl (C=O) groups is 1. The molecule has 82 valence electrons. The van der Waals surface area contributed by atoms with E-state index in [0.29, 0.717) is 0 Å². The molecule has 0 aromatic heterocycles. The summed E-state index contributed by atoms with van der Waals surface area (Å²) in [5.41, 5.74) is 4.62. The summed E-state index contributed by atoms with van der Waals surface area (Å²) in [7, 11) is 0. The third-order valence-electron chi connectivity index (χ3n) is 1.69. The van der Waals surface area contributed by atoms with Gasteiger partial charge in [-0.3, -0.25) is 4.79 Å². The standard InChI is InChI=1S/C9H9F3N2O/c1-5(15)14-8-4-6(9(10,11)12)2-3-7(8)13/h2-4H,13H2,1H3,(H,14,15). The maximum absolute atomic E-state index is 12.3. The third-order valence-corrected chi connectivity index (χ3v) is 1.69. The van der Waals surface area contributed by atoms with Gasteiger partial charge in [-0.1, -0.05) is 0 Å². The number of halogens is 3. The molecule has 1 aromatic carbocycles. The summed E-state index contributed by atoms with van der Waals surface area (Å²) in [5, 5.41) is 2.22. The topological polar surface area (TPSA) is 55.1 Å². The fourth-order valence-corrected chi connectivity index (χ4v) is 1.03.